The first-order chi connectivity index (χ1) is 16.7. The molecule has 3 aliphatic rings. The second-order valence-corrected chi connectivity index (χ2v) is 12.8. The maximum Gasteiger partial charge on any atom is 0.341 e. The largest absolute Gasteiger partial charge is 0.480 e. The van der Waals surface area contributed by atoms with E-state index in [1.807, 2.05) is 0 Å². The quantitative estimate of drug-likeness (QED) is 0.364. The molecule has 0 spiro atoms. The fraction of sp³-hybridized carbons (Fsp3) is 0.476. The number of fused-ring (bicyclic) bond motifs is 1. The number of thioether (sulfide) groups is 1. The number of carbonyl (C=O) groups is 5. The van der Waals surface area contributed by atoms with Crippen LogP contribution in [0.3, 0.4) is 0 Å². The Balaban J connectivity index is 0.00000380. The molecule has 0 radical (unpaired) electrons. The Kier molecular flexibility index (Phi) is 7.49. The van der Waals surface area contributed by atoms with Crippen LogP contribution in [0.25, 0.3) is 0 Å². The van der Waals surface area contributed by atoms with Crippen molar-refractivity contribution < 1.29 is 43.0 Å². The Morgan fingerprint density at radius 3 is 2.30 bits per heavy atom. The van der Waals surface area contributed by atoms with Crippen LogP contribution in [0.2, 0.25) is 0 Å². The van der Waals surface area contributed by atoms with E-state index in [0.29, 0.717) is 14.8 Å². The highest BCUT2D eigenvalue weighted by molar-refractivity contribution is 8.01. The number of carboxylic acid groups (broad SMARTS) is 1. The normalized spacial score (nSPS) is 25.1. The molecule has 1 aromatic carbocycles. The number of carbonyl (C=O) groups excluding carboxylic acids is 4. The van der Waals surface area contributed by atoms with E-state index < -0.39 is 68.1 Å². The molecule has 3 fully saturated rings. The van der Waals surface area contributed by atoms with Crippen LogP contribution in [0.15, 0.2) is 30.3 Å². The lowest BCUT2D eigenvalue weighted by Gasteiger charge is -2.44. The highest BCUT2D eigenvalue weighted by Gasteiger charge is 2.64. The van der Waals surface area contributed by atoms with Crippen molar-refractivity contribution in [2.75, 3.05) is 19.3 Å². The number of hydrogen-bond acceptors (Lipinski definition) is 8. The van der Waals surface area contributed by atoms with Crippen LogP contribution >= 0.6 is 11.8 Å². The first kappa shape index (κ1) is 28.2. The van der Waals surface area contributed by atoms with E-state index in [1.165, 1.54) is 16.7 Å². The molecule has 1 unspecified atom stereocenters. The summed E-state index contributed by atoms with van der Waals surface area (Å²) >= 11 is 1.26. The Morgan fingerprint density at radius 1 is 1.14 bits per heavy atom. The minimum Gasteiger partial charge on any atom is -0.480 e. The lowest BCUT2D eigenvalue weighted by atomic mass is 9.95. The summed E-state index contributed by atoms with van der Waals surface area (Å²) in [6, 6.07) is 2.76. The van der Waals surface area contributed by atoms with E-state index in [-0.39, 0.29) is 18.6 Å². The highest BCUT2D eigenvalue weighted by atomic mass is 32.2. The molecule has 6 amide bonds. The van der Waals surface area contributed by atoms with Crippen LogP contribution in [0.5, 0.6) is 0 Å². The van der Waals surface area contributed by atoms with Gasteiger partial charge in [-0.3, -0.25) is 9.59 Å². The van der Waals surface area contributed by atoms with E-state index in [0.717, 1.165) is 6.26 Å². The van der Waals surface area contributed by atoms with Crippen molar-refractivity contribution in [2.45, 2.75) is 42.1 Å². The predicted octanol–water partition coefficient (Wildman–Crippen LogP) is -1.06. The number of aliphatic carboxylic acids is 1. The summed E-state index contributed by atoms with van der Waals surface area (Å²) in [5.74, 6) is -2.42. The number of nitrogens with one attached hydrogen (secondary N) is 2. The number of β-lactam (4-membered cyclic amide) rings is 1. The summed E-state index contributed by atoms with van der Waals surface area (Å²) in [6.07, 6.45) is 0.850. The van der Waals surface area contributed by atoms with Crippen molar-refractivity contribution in [1.82, 2.24) is 24.7 Å². The molecular weight excluding hydrogens is 530 g/mol. The minimum atomic E-state index is -3.87. The lowest BCUT2D eigenvalue weighted by molar-refractivity contribution is -0.161. The number of amides is 6. The van der Waals surface area contributed by atoms with E-state index in [2.05, 4.69) is 10.6 Å². The third-order valence-corrected chi connectivity index (χ3v) is 8.96. The number of urea groups is 2. The Bertz CT molecular complexity index is 1240. The molecule has 0 aliphatic carbocycles. The molecule has 37 heavy (non-hydrogen) atoms. The molecule has 1 aromatic rings. The minimum absolute atomic E-state index is 0. The fourth-order valence-electron chi connectivity index (χ4n) is 4.54. The van der Waals surface area contributed by atoms with Gasteiger partial charge in [-0.05, 0) is 19.4 Å². The van der Waals surface area contributed by atoms with Gasteiger partial charge in [0, 0.05) is 4.75 Å². The zero-order valence-electron chi connectivity index (χ0n) is 20.1. The molecule has 3 heterocycles. The first-order valence-corrected chi connectivity index (χ1v) is 13.6. The summed E-state index contributed by atoms with van der Waals surface area (Å²) in [7, 11) is -3.87. The standard InChI is InChI=1S/C21H25N5O8S2.H2O/c1-21(2)14(18(29)30)26-16(28)13(17(26)35-21)22-15(27)12(11-7-5-4-6-8-11)23-19(31)24-9-10-25(20(24)32)36(3,33)34;/h4-8,12-14,17H,9-10H2,1-3H3,(H,22,27)(H,23,31)(H,29,30);1H2/t12?,13-,14+,17-;/m1./s1. The maximum absolute atomic E-state index is 13.3. The lowest BCUT2D eigenvalue weighted by Crippen LogP contribution is -2.71. The molecule has 202 valence electrons. The van der Waals surface area contributed by atoms with Gasteiger partial charge < -0.3 is 26.1 Å². The number of carboxylic acids is 1. The van der Waals surface area contributed by atoms with Crippen LogP contribution in [-0.2, 0) is 24.4 Å². The molecule has 3 aliphatic heterocycles. The molecule has 0 aromatic heterocycles. The molecule has 5 N–H and O–H groups in total. The van der Waals surface area contributed by atoms with Gasteiger partial charge in [-0.2, -0.15) is 0 Å². The van der Waals surface area contributed by atoms with Crippen LogP contribution in [0.1, 0.15) is 25.5 Å². The first-order valence-electron chi connectivity index (χ1n) is 10.9. The van der Waals surface area contributed by atoms with E-state index in [4.69, 9.17) is 0 Å². The van der Waals surface area contributed by atoms with Gasteiger partial charge in [0.15, 0.2) is 0 Å². The molecule has 4 atom stereocenters. The number of rotatable bonds is 6. The topological polar surface area (TPSA) is 205 Å². The Morgan fingerprint density at radius 2 is 1.76 bits per heavy atom. The summed E-state index contributed by atoms with van der Waals surface area (Å²) in [4.78, 5) is 65.0. The Labute approximate surface area is 216 Å². The van der Waals surface area contributed by atoms with Gasteiger partial charge in [0.05, 0.1) is 19.3 Å². The number of imide groups is 1. The summed E-state index contributed by atoms with van der Waals surface area (Å²) < 4.78 is 23.3. The third kappa shape index (κ3) is 4.95. The van der Waals surface area contributed by atoms with Crippen LogP contribution in [0, 0.1) is 0 Å². The average Bonchev–Trinajstić information content (AvgIpc) is 3.31. The van der Waals surface area contributed by atoms with Gasteiger partial charge in [-0.1, -0.05) is 30.3 Å². The van der Waals surface area contributed by atoms with Crippen LogP contribution in [0.4, 0.5) is 9.59 Å². The monoisotopic (exact) mass is 557 g/mol. The van der Waals surface area contributed by atoms with Crippen molar-refractivity contribution >= 4 is 51.6 Å². The molecule has 3 saturated heterocycles. The van der Waals surface area contributed by atoms with E-state index >= 15 is 0 Å². The predicted molar refractivity (Wildman–Crippen MR) is 131 cm³/mol. The summed E-state index contributed by atoms with van der Waals surface area (Å²) in [5.41, 5.74) is 0.362. The molecule has 0 bridgehead atoms. The summed E-state index contributed by atoms with van der Waals surface area (Å²) in [6.45, 7) is 3.02. The Hall–Kier alpha value is -3.37. The number of hydrogen-bond donors (Lipinski definition) is 3. The molecule has 14 nitrogen and oxygen atoms in total. The van der Waals surface area contributed by atoms with Crippen LogP contribution in [-0.4, -0.2) is 105 Å². The number of benzene rings is 1. The second-order valence-electron chi connectivity index (χ2n) is 9.15. The van der Waals surface area contributed by atoms with Gasteiger partial charge in [0.1, 0.15) is 23.5 Å². The van der Waals surface area contributed by atoms with Crippen molar-refractivity contribution in [3.63, 3.8) is 0 Å². The van der Waals surface area contributed by atoms with Crippen molar-refractivity contribution in [3.8, 4) is 0 Å². The molecule has 0 saturated carbocycles. The molecule has 16 heteroatoms. The van der Waals surface area contributed by atoms with E-state index in [9.17, 15) is 37.5 Å². The van der Waals surface area contributed by atoms with Crippen molar-refractivity contribution in [3.05, 3.63) is 35.9 Å². The SMILES string of the molecule is CC1(C)S[C@@H]2[C@H](NC(=O)C(NC(=O)N3CCN(S(C)(=O)=O)C3=O)c3ccccc3)C(=O)N2[C@H]1C(=O)O.O. The molecular formula is C21H27N5O9S2. The average molecular weight is 558 g/mol. The van der Waals surface area contributed by atoms with Gasteiger partial charge in [-0.25, -0.2) is 32.0 Å². The van der Waals surface area contributed by atoms with Crippen molar-refractivity contribution in [1.29, 1.82) is 0 Å². The van der Waals surface area contributed by atoms with Crippen molar-refractivity contribution in [2.24, 2.45) is 0 Å². The second kappa shape index (κ2) is 9.83. The zero-order valence-corrected chi connectivity index (χ0v) is 21.7. The zero-order chi connectivity index (χ0) is 26.6. The smallest absolute Gasteiger partial charge is 0.341 e. The van der Waals surface area contributed by atoms with E-state index in [1.54, 1.807) is 44.2 Å². The van der Waals surface area contributed by atoms with Gasteiger partial charge in [-0.15, -0.1) is 11.8 Å². The van der Waals surface area contributed by atoms with Gasteiger partial charge in [0.25, 0.3) is 0 Å². The van der Waals surface area contributed by atoms with Gasteiger partial charge in [0.2, 0.25) is 21.8 Å². The van der Waals surface area contributed by atoms with Gasteiger partial charge >= 0.3 is 18.0 Å². The molecule has 4 rings (SSSR count). The maximum atomic E-state index is 13.3. The fourth-order valence-corrected chi connectivity index (χ4v) is 6.96. The highest BCUT2D eigenvalue weighted by Crippen LogP contribution is 2.50. The number of sulfonamides is 1. The third-order valence-electron chi connectivity index (χ3n) is 6.25. The number of nitrogens with zero attached hydrogens (tertiary/aromatic N) is 3. The van der Waals surface area contributed by atoms with Crippen LogP contribution < -0.4 is 10.6 Å². The summed E-state index contributed by atoms with van der Waals surface area (Å²) in [5, 5.41) is 14.0.